The zero-order valence-electron chi connectivity index (χ0n) is 13.7. The molecule has 1 saturated carbocycles. The Bertz CT molecular complexity index is 905. The second-order valence-electron chi connectivity index (χ2n) is 6.26. The van der Waals surface area contributed by atoms with Crippen molar-refractivity contribution in [3.63, 3.8) is 0 Å². The minimum atomic E-state index is 0. The summed E-state index contributed by atoms with van der Waals surface area (Å²) < 4.78 is 1.14. The van der Waals surface area contributed by atoms with Crippen molar-refractivity contribution >= 4 is 51.2 Å². The first-order chi connectivity index (χ1) is 11.7. The van der Waals surface area contributed by atoms with E-state index in [1.54, 1.807) is 11.3 Å². The maximum absolute atomic E-state index is 12.2. The van der Waals surface area contributed by atoms with E-state index in [-0.39, 0.29) is 18.3 Å². The third-order valence-corrected chi connectivity index (χ3v) is 5.47. The Morgan fingerprint density at radius 1 is 1.24 bits per heavy atom. The van der Waals surface area contributed by atoms with Gasteiger partial charge in [0, 0.05) is 23.7 Å². The molecule has 130 valence electrons. The molecule has 6 heteroatoms. The van der Waals surface area contributed by atoms with E-state index in [4.69, 9.17) is 5.73 Å². The summed E-state index contributed by atoms with van der Waals surface area (Å²) in [6.07, 6.45) is 3.58. The van der Waals surface area contributed by atoms with Gasteiger partial charge >= 0.3 is 0 Å². The van der Waals surface area contributed by atoms with Crippen molar-refractivity contribution in [2.75, 3.05) is 11.1 Å². The average molecular weight is 374 g/mol. The molecule has 0 bridgehead atoms. The molecule has 1 fully saturated rings. The Balaban J connectivity index is 0.00000182. The second-order valence-corrected chi connectivity index (χ2v) is 7.32. The number of aryl methyl sites for hydroxylation is 1. The van der Waals surface area contributed by atoms with Crippen LogP contribution in [0.5, 0.6) is 0 Å². The lowest BCUT2D eigenvalue weighted by Crippen LogP contribution is -2.12. The van der Waals surface area contributed by atoms with Gasteiger partial charge in [0.2, 0.25) is 5.91 Å². The number of rotatable bonds is 5. The zero-order chi connectivity index (χ0) is 16.5. The highest BCUT2D eigenvalue weighted by Gasteiger charge is 2.26. The molecule has 0 atom stereocenters. The van der Waals surface area contributed by atoms with Crippen molar-refractivity contribution in [1.82, 2.24) is 4.98 Å². The molecule has 1 aromatic heterocycles. The van der Waals surface area contributed by atoms with E-state index in [9.17, 15) is 4.79 Å². The van der Waals surface area contributed by atoms with Crippen LogP contribution >= 0.6 is 23.7 Å². The summed E-state index contributed by atoms with van der Waals surface area (Å²) >= 11 is 1.74. The fourth-order valence-corrected chi connectivity index (χ4v) is 3.93. The first-order valence-electron chi connectivity index (χ1n) is 8.23. The lowest BCUT2D eigenvalue weighted by Gasteiger charge is -2.07. The Labute approximate surface area is 156 Å². The number of benzene rings is 2. The minimum Gasteiger partial charge on any atom is -0.399 e. The third kappa shape index (κ3) is 4.11. The molecule has 4 rings (SSSR count). The topological polar surface area (TPSA) is 68.0 Å². The van der Waals surface area contributed by atoms with E-state index in [0.29, 0.717) is 18.8 Å². The van der Waals surface area contributed by atoms with Crippen LogP contribution in [0.3, 0.4) is 0 Å². The zero-order valence-corrected chi connectivity index (χ0v) is 15.3. The van der Waals surface area contributed by atoms with Gasteiger partial charge in [0.05, 0.1) is 15.2 Å². The van der Waals surface area contributed by atoms with Crippen LogP contribution in [0.15, 0.2) is 42.5 Å². The van der Waals surface area contributed by atoms with Crippen LogP contribution in [0.1, 0.15) is 35.8 Å². The smallest absolute Gasteiger partial charge is 0.224 e. The monoisotopic (exact) mass is 373 g/mol. The van der Waals surface area contributed by atoms with Crippen LogP contribution in [-0.4, -0.2) is 10.9 Å². The van der Waals surface area contributed by atoms with Gasteiger partial charge in [-0.2, -0.15) is 0 Å². The molecule has 0 saturated heterocycles. The number of fused-ring (bicyclic) bond motifs is 1. The van der Waals surface area contributed by atoms with Gasteiger partial charge in [-0.3, -0.25) is 4.79 Å². The predicted molar refractivity (Wildman–Crippen MR) is 107 cm³/mol. The van der Waals surface area contributed by atoms with E-state index in [1.807, 2.05) is 42.5 Å². The highest BCUT2D eigenvalue weighted by molar-refractivity contribution is 7.18. The number of carbonyl (C=O) groups excluding carboxylic acids is 1. The summed E-state index contributed by atoms with van der Waals surface area (Å²) in [5, 5.41) is 4.21. The van der Waals surface area contributed by atoms with Crippen LogP contribution in [0.2, 0.25) is 0 Å². The van der Waals surface area contributed by atoms with Crippen LogP contribution in [0.25, 0.3) is 10.2 Å². The number of thiazole rings is 1. The number of carbonyl (C=O) groups is 1. The van der Waals surface area contributed by atoms with Crippen LogP contribution in [0.4, 0.5) is 11.4 Å². The SMILES string of the molecule is Cl.Nc1ccccc1CCC(=O)Nc1ccc2nc(C3CC3)sc2c1. The van der Waals surface area contributed by atoms with Gasteiger partial charge in [-0.05, 0) is 49.1 Å². The number of nitrogens with two attached hydrogens (primary N) is 1. The molecule has 0 aliphatic heterocycles. The maximum Gasteiger partial charge on any atom is 0.224 e. The predicted octanol–water partition coefficient (Wildman–Crippen LogP) is 4.75. The van der Waals surface area contributed by atoms with Crippen molar-refractivity contribution in [2.45, 2.75) is 31.6 Å². The molecule has 1 amide bonds. The molecule has 1 aliphatic carbocycles. The molecule has 3 N–H and O–H groups in total. The molecular weight excluding hydrogens is 354 g/mol. The van der Waals surface area contributed by atoms with Gasteiger partial charge in [-0.1, -0.05) is 18.2 Å². The van der Waals surface area contributed by atoms with Crippen molar-refractivity contribution in [3.8, 4) is 0 Å². The summed E-state index contributed by atoms with van der Waals surface area (Å²) in [5.74, 6) is 0.668. The van der Waals surface area contributed by atoms with E-state index in [0.717, 1.165) is 27.2 Å². The Kier molecular flexibility index (Phi) is 5.25. The lowest BCUT2D eigenvalue weighted by atomic mass is 10.1. The van der Waals surface area contributed by atoms with Crippen molar-refractivity contribution in [3.05, 3.63) is 53.0 Å². The molecule has 4 nitrogen and oxygen atoms in total. The Hall–Kier alpha value is -2.11. The van der Waals surface area contributed by atoms with Crippen LogP contribution in [0, 0.1) is 0 Å². The Morgan fingerprint density at radius 2 is 2.04 bits per heavy atom. The van der Waals surface area contributed by atoms with Crippen molar-refractivity contribution in [2.24, 2.45) is 0 Å². The normalized spacial score (nSPS) is 13.4. The van der Waals surface area contributed by atoms with E-state index in [2.05, 4.69) is 10.3 Å². The van der Waals surface area contributed by atoms with Crippen molar-refractivity contribution in [1.29, 1.82) is 0 Å². The number of anilines is 2. The largest absolute Gasteiger partial charge is 0.399 e. The van der Waals surface area contributed by atoms with Gasteiger partial charge in [0.25, 0.3) is 0 Å². The number of amides is 1. The number of hydrogen-bond acceptors (Lipinski definition) is 4. The quantitative estimate of drug-likeness (QED) is 0.634. The first kappa shape index (κ1) is 17.7. The molecule has 0 unspecified atom stereocenters. The number of nitrogens with zero attached hydrogens (tertiary/aromatic N) is 1. The molecule has 1 heterocycles. The highest BCUT2D eigenvalue weighted by atomic mass is 35.5. The minimum absolute atomic E-state index is 0. The summed E-state index contributed by atoms with van der Waals surface area (Å²) in [6.45, 7) is 0. The number of para-hydroxylation sites is 1. The molecule has 1 aliphatic rings. The van der Waals surface area contributed by atoms with Gasteiger partial charge in [-0.25, -0.2) is 4.98 Å². The summed E-state index contributed by atoms with van der Waals surface area (Å²) in [5.41, 5.74) is 9.53. The van der Waals surface area contributed by atoms with Gasteiger partial charge < -0.3 is 11.1 Å². The van der Waals surface area contributed by atoms with Crippen LogP contribution in [-0.2, 0) is 11.2 Å². The molecule has 3 aromatic rings. The second kappa shape index (κ2) is 7.42. The molecule has 2 aromatic carbocycles. The summed E-state index contributed by atoms with van der Waals surface area (Å²) in [4.78, 5) is 16.9. The van der Waals surface area contributed by atoms with Crippen molar-refractivity contribution < 1.29 is 4.79 Å². The average Bonchev–Trinajstić information content (AvgIpc) is 3.34. The molecule has 0 spiro atoms. The fraction of sp³-hybridized carbons (Fsp3) is 0.263. The van der Waals surface area contributed by atoms with E-state index >= 15 is 0 Å². The maximum atomic E-state index is 12.2. The highest BCUT2D eigenvalue weighted by Crippen LogP contribution is 2.43. The number of aromatic nitrogens is 1. The first-order valence-corrected chi connectivity index (χ1v) is 9.04. The summed E-state index contributed by atoms with van der Waals surface area (Å²) in [6, 6.07) is 13.6. The van der Waals surface area contributed by atoms with Gasteiger partial charge in [-0.15, -0.1) is 23.7 Å². The molecular formula is C19H20ClN3OS. The number of halogens is 1. The van der Waals surface area contributed by atoms with Gasteiger partial charge in [0.15, 0.2) is 0 Å². The molecule has 25 heavy (non-hydrogen) atoms. The summed E-state index contributed by atoms with van der Waals surface area (Å²) in [7, 11) is 0. The number of hydrogen-bond donors (Lipinski definition) is 2. The van der Waals surface area contributed by atoms with E-state index < -0.39 is 0 Å². The molecule has 0 radical (unpaired) electrons. The number of nitrogens with one attached hydrogen (secondary N) is 1. The van der Waals surface area contributed by atoms with E-state index in [1.165, 1.54) is 17.8 Å². The lowest BCUT2D eigenvalue weighted by molar-refractivity contribution is -0.116. The standard InChI is InChI=1S/C19H19N3OS.ClH/c20-15-4-2-1-3-12(15)7-10-18(23)21-14-8-9-16-17(11-14)24-19(22-16)13-5-6-13;/h1-4,8-9,11,13H,5-7,10,20H2,(H,21,23);1H. The number of nitrogen functional groups attached to an aromatic ring is 1. The Morgan fingerprint density at radius 3 is 2.80 bits per heavy atom. The third-order valence-electron chi connectivity index (χ3n) is 4.29. The fourth-order valence-electron chi connectivity index (χ4n) is 2.76. The van der Waals surface area contributed by atoms with Gasteiger partial charge in [0.1, 0.15) is 0 Å². The van der Waals surface area contributed by atoms with Crippen LogP contribution < -0.4 is 11.1 Å².